The van der Waals surface area contributed by atoms with Gasteiger partial charge in [-0.2, -0.15) is 0 Å². The van der Waals surface area contributed by atoms with Gasteiger partial charge in [0, 0.05) is 18.0 Å². The minimum Gasteiger partial charge on any atom is -0.497 e. The van der Waals surface area contributed by atoms with Crippen LogP contribution in [0.1, 0.15) is 20.3 Å². The van der Waals surface area contributed by atoms with Crippen molar-refractivity contribution in [3.8, 4) is 11.5 Å². The molecule has 0 saturated carbocycles. The average molecular weight is 266 g/mol. The molecule has 0 heterocycles. The van der Waals surface area contributed by atoms with E-state index in [2.05, 4.69) is 10.6 Å². The van der Waals surface area contributed by atoms with Gasteiger partial charge in [0.1, 0.15) is 11.5 Å². The number of carbonyl (C=O) groups is 1. The summed E-state index contributed by atoms with van der Waals surface area (Å²) in [6, 6.07) is 5.28. The summed E-state index contributed by atoms with van der Waals surface area (Å²) in [7, 11) is 4.98. The standard InChI is InChI=1S/C14H22N2O3/c1-14(2,15-3)9-13(17)16-11-8-10(18-4)6-7-12(11)19-5/h6-8,15H,9H2,1-5H3,(H,16,17). The zero-order chi connectivity index (χ0) is 14.5. The molecule has 0 fully saturated rings. The van der Waals surface area contributed by atoms with Crippen LogP contribution in [0.3, 0.4) is 0 Å². The summed E-state index contributed by atoms with van der Waals surface area (Å²) in [5.74, 6) is 1.20. The van der Waals surface area contributed by atoms with Gasteiger partial charge < -0.3 is 20.1 Å². The lowest BCUT2D eigenvalue weighted by molar-refractivity contribution is -0.117. The summed E-state index contributed by atoms with van der Waals surface area (Å²) in [4.78, 5) is 12.0. The van der Waals surface area contributed by atoms with Gasteiger partial charge in [0.05, 0.1) is 19.9 Å². The van der Waals surface area contributed by atoms with E-state index in [0.29, 0.717) is 23.6 Å². The van der Waals surface area contributed by atoms with E-state index in [9.17, 15) is 4.79 Å². The molecule has 0 aliphatic carbocycles. The molecule has 1 aromatic rings. The average Bonchev–Trinajstić information content (AvgIpc) is 2.37. The molecule has 0 aliphatic heterocycles. The number of nitrogens with one attached hydrogen (secondary N) is 2. The molecule has 5 nitrogen and oxygen atoms in total. The maximum absolute atomic E-state index is 12.0. The highest BCUT2D eigenvalue weighted by Crippen LogP contribution is 2.29. The van der Waals surface area contributed by atoms with Gasteiger partial charge in [0.25, 0.3) is 0 Å². The van der Waals surface area contributed by atoms with Crippen molar-refractivity contribution in [1.82, 2.24) is 5.32 Å². The molecular formula is C14H22N2O3. The normalized spacial score (nSPS) is 11.0. The minimum atomic E-state index is -0.254. The first kappa shape index (κ1) is 15.3. The number of rotatable bonds is 6. The number of hydrogen-bond donors (Lipinski definition) is 2. The topological polar surface area (TPSA) is 59.6 Å². The van der Waals surface area contributed by atoms with E-state index in [0.717, 1.165) is 0 Å². The molecule has 2 N–H and O–H groups in total. The van der Waals surface area contributed by atoms with E-state index < -0.39 is 0 Å². The Hall–Kier alpha value is -1.75. The maximum Gasteiger partial charge on any atom is 0.226 e. The van der Waals surface area contributed by atoms with Gasteiger partial charge >= 0.3 is 0 Å². The van der Waals surface area contributed by atoms with Crippen LogP contribution in [0.5, 0.6) is 11.5 Å². The third-order valence-electron chi connectivity index (χ3n) is 2.96. The fraction of sp³-hybridized carbons (Fsp3) is 0.500. The number of methoxy groups -OCH3 is 2. The number of anilines is 1. The Morgan fingerprint density at radius 3 is 2.47 bits per heavy atom. The fourth-order valence-electron chi connectivity index (χ4n) is 1.60. The van der Waals surface area contributed by atoms with Crippen molar-refractivity contribution in [3.05, 3.63) is 18.2 Å². The molecule has 106 valence electrons. The molecule has 0 unspecified atom stereocenters. The molecule has 0 aromatic heterocycles. The lowest BCUT2D eigenvalue weighted by Gasteiger charge is -2.23. The molecule has 1 rings (SSSR count). The second-order valence-electron chi connectivity index (χ2n) is 4.93. The van der Waals surface area contributed by atoms with Crippen molar-refractivity contribution in [2.75, 3.05) is 26.6 Å². The summed E-state index contributed by atoms with van der Waals surface area (Å²) >= 11 is 0. The van der Waals surface area contributed by atoms with E-state index in [1.807, 2.05) is 20.9 Å². The quantitative estimate of drug-likeness (QED) is 0.827. The van der Waals surface area contributed by atoms with Crippen molar-refractivity contribution in [2.24, 2.45) is 0 Å². The lowest BCUT2D eigenvalue weighted by Crippen LogP contribution is -2.39. The minimum absolute atomic E-state index is 0.0779. The Bertz CT molecular complexity index is 444. The van der Waals surface area contributed by atoms with Gasteiger partial charge in [-0.1, -0.05) is 0 Å². The van der Waals surface area contributed by atoms with E-state index >= 15 is 0 Å². The molecule has 0 bridgehead atoms. The zero-order valence-corrected chi connectivity index (χ0v) is 12.2. The number of carbonyl (C=O) groups excluding carboxylic acids is 1. The molecule has 1 aromatic carbocycles. The highest BCUT2D eigenvalue weighted by atomic mass is 16.5. The number of ether oxygens (including phenoxy) is 2. The lowest BCUT2D eigenvalue weighted by atomic mass is 10.0. The first-order valence-electron chi connectivity index (χ1n) is 6.12. The third-order valence-corrected chi connectivity index (χ3v) is 2.96. The second kappa shape index (κ2) is 6.43. The van der Waals surface area contributed by atoms with E-state index in [-0.39, 0.29) is 11.4 Å². The predicted octanol–water partition coefficient (Wildman–Crippen LogP) is 2.03. The molecule has 0 radical (unpaired) electrons. The van der Waals surface area contributed by atoms with Crippen molar-refractivity contribution in [3.63, 3.8) is 0 Å². The largest absolute Gasteiger partial charge is 0.497 e. The summed E-state index contributed by atoms with van der Waals surface area (Å²) < 4.78 is 10.4. The van der Waals surface area contributed by atoms with Crippen molar-refractivity contribution in [2.45, 2.75) is 25.8 Å². The SMILES string of the molecule is CNC(C)(C)CC(=O)Nc1cc(OC)ccc1OC. The molecule has 0 saturated heterocycles. The van der Waals surface area contributed by atoms with Crippen molar-refractivity contribution < 1.29 is 14.3 Å². The second-order valence-corrected chi connectivity index (χ2v) is 4.93. The Kier molecular flexibility index (Phi) is 5.18. The van der Waals surface area contributed by atoms with Gasteiger partial charge in [-0.15, -0.1) is 0 Å². The van der Waals surface area contributed by atoms with Crippen LogP contribution in [0.2, 0.25) is 0 Å². The summed E-state index contributed by atoms with van der Waals surface area (Å²) in [5.41, 5.74) is 0.356. The monoisotopic (exact) mass is 266 g/mol. The molecule has 0 spiro atoms. The Labute approximate surface area is 114 Å². The first-order chi connectivity index (χ1) is 8.91. The van der Waals surface area contributed by atoms with Crippen LogP contribution in [0.15, 0.2) is 18.2 Å². The van der Waals surface area contributed by atoms with Gasteiger partial charge in [-0.05, 0) is 33.0 Å². The van der Waals surface area contributed by atoms with Gasteiger partial charge in [0.2, 0.25) is 5.91 Å². The van der Waals surface area contributed by atoms with Crippen LogP contribution >= 0.6 is 0 Å². The number of hydrogen-bond acceptors (Lipinski definition) is 4. The van der Waals surface area contributed by atoms with Crippen LogP contribution in [0.4, 0.5) is 5.69 Å². The van der Waals surface area contributed by atoms with Gasteiger partial charge in [0.15, 0.2) is 0 Å². The maximum atomic E-state index is 12.0. The molecule has 1 amide bonds. The smallest absolute Gasteiger partial charge is 0.226 e. The summed E-state index contributed by atoms with van der Waals surface area (Å²) in [5, 5.41) is 5.94. The molecule has 19 heavy (non-hydrogen) atoms. The molecule has 0 aliphatic rings. The van der Waals surface area contributed by atoms with Crippen LogP contribution in [0, 0.1) is 0 Å². The van der Waals surface area contributed by atoms with Gasteiger partial charge in [-0.25, -0.2) is 0 Å². The van der Waals surface area contributed by atoms with Crippen LogP contribution in [-0.2, 0) is 4.79 Å². The highest BCUT2D eigenvalue weighted by Gasteiger charge is 2.20. The Morgan fingerprint density at radius 1 is 1.26 bits per heavy atom. The van der Waals surface area contributed by atoms with Gasteiger partial charge in [-0.3, -0.25) is 4.79 Å². The zero-order valence-electron chi connectivity index (χ0n) is 12.2. The number of benzene rings is 1. The first-order valence-corrected chi connectivity index (χ1v) is 6.12. The third kappa shape index (κ3) is 4.44. The van der Waals surface area contributed by atoms with Crippen molar-refractivity contribution >= 4 is 11.6 Å². The number of amides is 1. The molecule has 5 heteroatoms. The van der Waals surface area contributed by atoms with Crippen LogP contribution in [0.25, 0.3) is 0 Å². The molecular weight excluding hydrogens is 244 g/mol. The fourth-order valence-corrected chi connectivity index (χ4v) is 1.60. The van der Waals surface area contributed by atoms with E-state index in [1.54, 1.807) is 32.4 Å². The van der Waals surface area contributed by atoms with E-state index in [1.165, 1.54) is 0 Å². The van der Waals surface area contributed by atoms with E-state index in [4.69, 9.17) is 9.47 Å². The Morgan fingerprint density at radius 2 is 1.95 bits per heavy atom. The summed E-state index contributed by atoms with van der Waals surface area (Å²) in [6.45, 7) is 3.94. The molecule has 0 atom stereocenters. The van der Waals surface area contributed by atoms with Crippen LogP contribution < -0.4 is 20.1 Å². The predicted molar refractivity (Wildman–Crippen MR) is 75.9 cm³/mol. The highest BCUT2D eigenvalue weighted by molar-refractivity contribution is 5.93. The Balaban J connectivity index is 2.83. The van der Waals surface area contributed by atoms with Crippen LogP contribution in [-0.4, -0.2) is 32.7 Å². The summed E-state index contributed by atoms with van der Waals surface area (Å²) in [6.07, 6.45) is 0.365. The van der Waals surface area contributed by atoms with Crippen molar-refractivity contribution in [1.29, 1.82) is 0 Å².